The van der Waals surface area contributed by atoms with Crippen LogP contribution >= 0.6 is 11.6 Å². The summed E-state index contributed by atoms with van der Waals surface area (Å²) in [6, 6.07) is 9.64. The summed E-state index contributed by atoms with van der Waals surface area (Å²) in [7, 11) is -3.69. The van der Waals surface area contributed by atoms with E-state index in [2.05, 4.69) is 4.72 Å². The third-order valence-corrected chi connectivity index (χ3v) is 5.11. The smallest absolute Gasteiger partial charge is 0.240 e. The summed E-state index contributed by atoms with van der Waals surface area (Å²) >= 11 is 6.05. The minimum atomic E-state index is -3.69. The van der Waals surface area contributed by atoms with Crippen molar-refractivity contribution in [3.05, 3.63) is 47.0 Å². The number of fused-ring (bicyclic) bond motifs is 1. The maximum absolute atomic E-state index is 12.4. The van der Waals surface area contributed by atoms with Gasteiger partial charge < -0.3 is 14.2 Å². The largest absolute Gasteiger partial charge is 0.492 e. The van der Waals surface area contributed by atoms with Crippen LogP contribution in [0.25, 0.3) is 0 Å². The van der Waals surface area contributed by atoms with E-state index >= 15 is 0 Å². The third-order valence-electron chi connectivity index (χ3n) is 3.42. The SMILES string of the molecule is CCOc1ccc(S(=O)(=O)NCc2ccc3c(c2)OCO3)cc1Cl. The molecular weight excluding hydrogens is 354 g/mol. The molecule has 6 nitrogen and oxygen atoms in total. The number of benzene rings is 2. The molecule has 0 bridgehead atoms. The second kappa shape index (κ2) is 6.88. The van der Waals surface area contributed by atoms with E-state index in [0.29, 0.717) is 23.9 Å². The number of hydrogen-bond acceptors (Lipinski definition) is 5. The molecule has 8 heteroatoms. The molecule has 0 fully saturated rings. The predicted molar refractivity (Wildman–Crippen MR) is 89.2 cm³/mol. The fourth-order valence-electron chi connectivity index (χ4n) is 2.23. The molecule has 0 amide bonds. The molecule has 24 heavy (non-hydrogen) atoms. The van der Waals surface area contributed by atoms with Crippen LogP contribution in [-0.2, 0) is 16.6 Å². The van der Waals surface area contributed by atoms with Crippen molar-refractivity contribution in [1.82, 2.24) is 4.72 Å². The second-order valence-electron chi connectivity index (χ2n) is 5.04. The van der Waals surface area contributed by atoms with Crippen molar-refractivity contribution in [1.29, 1.82) is 0 Å². The molecule has 2 aromatic rings. The topological polar surface area (TPSA) is 73.9 Å². The first kappa shape index (κ1) is 16.9. The molecular formula is C16H16ClNO5S. The molecule has 0 atom stereocenters. The molecule has 1 N–H and O–H groups in total. The summed E-state index contributed by atoms with van der Waals surface area (Å²) in [6.07, 6.45) is 0. The van der Waals surface area contributed by atoms with Gasteiger partial charge in [-0.15, -0.1) is 0 Å². The zero-order valence-electron chi connectivity index (χ0n) is 12.9. The van der Waals surface area contributed by atoms with Crippen LogP contribution in [-0.4, -0.2) is 21.8 Å². The van der Waals surface area contributed by atoms with Crippen molar-refractivity contribution >= 4 is 21.6 Å². The molecule has 0 saturated carbocycles. The molecule has 1 aliphatic heterocycles. The van der Waals surface area contributed by atoms with Gasteiger partial charge in [0, 0.05) is 6.54 Å². The van der Waals surface area contributed by atoms with E-state index in [0.717, 1.165) is 5.56 Å². The Labute approximate surface area is 145 Å². The number of sulfonamides is 1. The van der Waals surface area contributed by atoms with Crippen molar-refractivity contribution < 1.29 is 22.6 Å². The molecule has 0 spiro atoms. The second-order valence-corrected chi connectivity index (χ2v) is 7.21. The molecule has 2 aromatic carbocycles. The van der Waals surface area contributed by atoms with Crippen LogP contribution in [0.5, 0.6) is 17.2 Å². The highest BCUT2D eigenvalue weighted by atomic mass is 35.5. The Morgan fingerprint density at radius 1 is 1.17 bits per heavy atom. The molecule has 0 aromatic heterocycles. The Morgan fingerprint density at radius 3 is 2.71 bits per heavy atom. The Balaban J connectivity index is 1.73. The van der Waals surface area contributed by atoms with Gasteiger partial charge in [0.2, 0.25) is 16.8 Å². The molecule has 0 radical (unpaired) electrons. The van der Waals surface area contributed by atoms with E-state index in [9.17, 15) is 8.42 Å². The first-order valence-electron chi connectivity index (χ1n) is 7.30. The maximum Gasteiger partial charge on any atom is 0.240 e. The molecule has 3 rings (SSSR count). The van der Waals surface area contributed by atoms with Crippen molar-refractivity contribution in [2.45, 2.75) is 18.4 Å². The van der Waals surface area contributed by atoms with E-state index in [1.165, 1.54) is 12.1 Å². The van der Waals surface area contributed by atoms with E-state index in [4.69, 9.17) is 25.8 Å². The summed E-state index contributed by atoms with van der Waals surface area (Å²) in [5.74, 6) is 1.71. The Bertz CT molecular complexity index is 854. The molecule has 128 valence electrons. The third kappa shape index (κ3) is 3.58. The highest BCUT2D eigenvalue weighted by Crippen LogP contribution is 2.32. The first-order chi connectivity index (χ1) is 11.5. The van der Waals surface area contributed by atoms with Crippen LogP contribution < -0.4 is 18.9 Å². The fourth-order valence-corrected chi connectivity index (χ4v) is 3.58. The van der Waals surface area contributed by atoms with E-state index < -0.39 is 10.0 Å². The van der Waals surface area contributed by atoms with Crippen LogP contribution in [0.1, 0.15) is 12.5 Å². The van der Waals surface area contributed by atoms with E-state index in [1.54, 1.807) is 24.3 Å². The molecule has 1 heterocycles. The van der Waals surface area contributed by atoms with Crippen LogP contribution in [0.4, 0.5) is 0 Å². The van der Waals surface area contributed by atoms with Crippen molar-refractivity contribution in [3.8, 4) is 17.2 Å². The molecule has 1 aliphatic rings. The highest BCUT2D eigenvalue weighted by molar-refractivity contribution is 7.89. The van der Waals surface area contributed by atoms with Gasteiger partial charge in [-0.05, 0) is 42.8 Å². The number of ether oxygens (including phenoxy) is 3. The van der Waals surface area contributed by atoms with Gasteiger partial charge >= 0.3 is 0 Å². The number of rotatable bonds is 6. The average molecular weight is 370 g/mol. The lowest BCUT2D eigenvalue weighted by molar-refractivity contribution is 0.174. The van der Waals surface area contributed by atoms with Crippen LogP contribution in [0.15, 0.2) is 41.3 Å². The van der Waals surface area contributed by atoms with Gasteiger partial charge in [-0.3, -0.25) is 0 Å². The predicted octanol–water partition coefficient (Wildman–Crippen LogP) is 2.95. The summed E-state index contributed by atoms with van der Waals surface area (Å²) < 4.78 is 43.1. The van der Waals surface area contributed by atoms with Crippen molar-refractivity contribution in [3.63, 3.8) is 0 Å². The van der Waals surface area contributed by atoms with Gasteiger partial charge in [-0.25, -0.2) is 13.1 Å². The van der Waals surface area contributed by atoms with Crippen molar-refractivity contribution in [2.24, 2.45) is 0 Å². The molecule has 0 aliphatic carbocycles. The lowest BCUT2D eigenvalue weighted by atomic mass is 10.2. The minimum absolute atomic E-state index is 0.0803. The first-order valence-corrected chi connectivity index (χ1v) is 9.16. The number of halogens is 1. The zero-order chi connectivity index (χ0) is 17.2. The monoisotopic (exact) mass is 369 g/mol. The maximum atomic E-state index is 12.4. The fraction of sp³-hybridized carbons (Fsp3) is 0.250. The van der Waals surface area contributed by atoms with E-state index in [-0.39, 0.29) is 23.3 Å². The van der Waals surface area contributed by atoms with E-state index in [1.807, 2.05) is 6.92 Å². The normalized spacial score (nSPS) is 13.1. The van der Waals surface area contributed by atoms with Gasteiger partial charge in [0.1, 0.15) is 5.75 Å². The highest BCUT2D eigenvalue weighted by Gasteiger charge is 2.17. The summed E-state index contributed by atoms with van der Waals surface area (Å²) in [4.78, 5) is 0.0803. The molecule has 0 saturated heterocycles. The Kier molecular flexibility index (Phi) is 4.84. The van der Waals surface area contributed by atoms with Gasteiger partial charge in [0.25, 0.3) is 0 Å². The average Bonchev–Trinajstić information content (AvgIpc) is 3.02. The Hall–Kier alpha value is -1.96. The quantitative estimate of drug-likeness (QED) is 0.847. The number of nitrogens with one attached hydrogen (secondary N) is 1. The Morgan fingerprint density at radius 2 is 1.96 bits per heavy atom. The van der Waals surface area contributed by atoms with Gasteiger partial charge in [-0.1, -0.05) is 17.7 Å². The minimum Gasteiger partial charge on any atom is -0.492 e. The summed E-state index contributed by atoms with van der Waals surface area (Å²) in [6.45, 7) is 2.58. The summed E-state index contributed by atoms with van der Waals surface area (Å²) in [5.41, 5.74) is 0.764. The van der Waals surface area contributed by atoms with Crippen LogP contribution in [0.3, 0.4) is 0 Å². The number of hydrogen-bond donors (Lipinski definition) is 1. The standard InChI is InChI=1S/C16H16ClNO5S/c1-2-21-14-6-4-12(8-13(14)17)24(19,20)18-9-11-3-5-15-16(7-11)23-10-22-15/h3-8,18H,2,9-10H2,1H3. The zero-order valence-corrected chi connectivity index (χ0v) is 14.5. The van der Waals surface area contributed by atoms with Gasteiger partial charge in [0.05, 0.1) is 16.5 Å². The van der Waals surface area contributed by atoms with Crippen LogP contribution in [0, 0.1) is 0 Å². The van der Waals surface area contributed by atoms with Gasteiger partial charge in [-0.2, -0.15) is 0 Å². The lowest BCUT2D eigenvalue weighted by Crippen LogP contribution is -2.23. The molecule has 0 unspecified atom stereocenters. The lowest BCUT2D eigenvalue weighted by Gasteiger charge is -2.10. The van der Waals surface area contributed by atoms with Crippen molar-refractivity contribution in [2.75, 3.05) is 13.4 Å². The van der Waals surface area contributed by atoms with Crippen LogP contribution in [0.2, 0.25) is 5.02 Å². The van der Waals surface area contributed by atoms with Gasteiger partial charge in [0.15, 0.2) is 11.5 Å². The summed E-state index contributed by atoms with van der Waals surface area (Å²) in [5, 5.41) is 0.253.